The Morgan fingerprint density at radius 2 is 1.65 bits per heavy atom. The number of aromatic hydroxyl groups is 1. The highest BCUT2D eigenvalue weighted by Crippen LogP contribution is 2.34. The molecule has 1 aliphatic carbocycles. The Kier molecular flexibility index (Phi) is 16.0. The van der Waals surface area contributed by atoms with Crippen molar-refractivity contribution in [2.45, 2.75) is 123 Å². The van der Waals surface area contributed by atoms with Crippen LogP contribution in [0.3, 0.4) is 0 Å². The number of aliphatic hydroxyl groups excluding tert-OH is 1. The minimum absolute atomic E-state index is 0.102. The molecule has 1 saturated carbocycles. The van der Waals surface area contributed by atoms with Crippen molar-refractivity contribution in [1.29, 1.82) is 0 Å². The molecule has 4 fully saturated rings. The summed E-state index contributed by atoms with van der Waals surface area (Å²) < 4.78 is 11.5. The molecule has 13 nitrogen and oxygen atoms in total. The number of likely N-dealkylation sites (N-methyl/N-ethyl adjacent to an activating group) is 1. The van der Waals surface area contributed by atoms with E-state index in [1.54, 1.807) is 12.1 Å². The van der Waals surface area contributed by atoms with Crippen LogP contribution in [0.15, 0.2) is 48.7 Å². The van der Waals surface area contributed by atoms with E-state index < -0.39 is 5.60 Å². The van der Waals surface area contributed by atoms with Crippen molar-refractivity contribution in [3.63, 3.8) is 0 Å². The number of anilines is 3. The number of ether oxygens (including phenoxy) is 2. The number of amides is 1. The van der Waals surface area contributed by atoms with Gasteiger partial charge >= 0.3 is 6.09 Å². The number of hydrogen-bond acceptors (Lipinski definition) is 12. The number of rotatable bonds is 10. The predicted octanol–water partition coefficient (Wildman–Crippen LogP) is 7.37. The van der Waals surface area contributed by atoms with Crippen molar-refractivity contribution in [2.24, 2.45) is 5.92 Å². The van der Waals surface area contributed by atoms with E-state index in [4.69, 9.17) is 15.2 Å². The van der Waals surface area contributed by atoms with Gasteiger partial charge in [0.05, 0.1) is 17.5 Å². The van der Waals surface area contributed by atoms with Gasteiger partial charge in [-0.25, -0.2) is 9.78 Å². The molecule has 314 valence electrons. The fourth-order valence-corrected chi connectivity index (χ4v) is 7.88. The van der Waals surface area contributed by atoms with Gasteiger partial charge in [0, 0.05) is 81.9 Å². The molecule has 1 amide bonds. The van der Waals surface area contributed by atoms with Crippen molar-refractivity contribution >= 4 is 23.3 Å². The van der Waals surface area contributed by atoms with Crippen LogP contribution in [0.4, 0.5) is 22.0 Å². The molecular formula is C44H68N8O5. The van der Waals surface area contributed by atoms with Gasteiger partial charge in [0.2, 0.25) is 5.88 Å². The average molecular weight is 789 g/mol. The van der Waals surface area contributed by atoms with Crippen LogP contribution in [-0.2, 0) is 4.74 Å². The van der Waals surface area contributed by atoms with E-state index in [0.29, 0.717) is 35.1 Å². The quantitative estimate of drug-likeness (QED) is 0.188. The smallest absolute Gasteiger partial charge is 0.410 e. The van der Waals surface area contributed by atoms with E-state index >= 15 is 0 Å². The lowest BCUT2D eigenvalue weighted by Crippen LogP contribution is -2.45. The molecule has 1 unspecified atom stereocenters. The number of aliphatic hydroxyl groups is 1. The second kappa shape index (κ2) is 20.9. The van der Waals surface area contributed by atoms with Gasteiger partial charge in [0.1, 0.15) is 17.5 Å². The SMILES string of the molecule is CC.CC(C)(C)OC(=O)N1CCC(CN2CCC(O)CC2)CC1.CCN(CC1CCCN1c1ccnc(OC2CCC2)c1)c1cc(-c2ccccc2O)nnc1N. The number of nitrogens with two attached hydrogens (primary N) is 1. The molecule has 0 radical (unpaired) electrons. The second-order valence-corrected chi connectivity index (χ2v) is 16.5. The number of aromatic nitrogens is 3. The normalized spacial score (nSPS) is 19.5. The molecule has 57 heavy (non-hydrogen) atoms. The van der Waals surface area contributed by atoms with Crippen LogP contribution in [0.5, 0.6) is 11.6 Å². The minimum atomic E-state index is -0.414. The predicted molar refractivity (Wildman–Crippen MR) is 228 cm³/mol. The summed E-state index contributed by atoms with van der Waals surface area (Å²) in [5.74, 6) is 1.95. The van der Waals surface area contributed by atoms with Crippen LogP contribution in [0, 0.1) is 5.92 Å². The van der Waals surface area contributed by atoms with Gasteiger partial charge in [-0.2, -0.15) is 0 Å². The highest BCUT2D eigenvalue weighted by molar-refractivity contribution is 5.74. The van der Waals surface area contributed by atoms with E-state index in [1.165, 1.54) is 6.42 Å². The third-order valence-corrected chi connectivity index (χ3v) is 11.2. The van der Waals surface area contributed by atoms with E-state index in [1.807, 2.05) is 63.9 Å². The van der Waals surface area contributed by atoms with Crippen molar-refractivity contribution in [3.8, 4) is 22.9 Å². The van der Waals surface area contributed by atoms with Gasteiger partial charge in [0.25, 0.3) is 0 Å². The summed E-state index contributed by atoms with van der Waals surface area (Å²) in [4.78, 5) is 25.4. The zero-order chi connectivity index (χ0) is 41.0. The molecule has 7 rings (SSSR count). The van der Waals surface area contributed by atoms with Crippen LogP contribution in [-0.4, -0.2) is 117 Å². The van der Waals surface area contributed by atoms with E-state index in [2.05, 4.69) is 48.9 Å². The molecule has 4 N–H and O–H groups in total. The molecular weight excluding hydrogens is 721 g/mol. The molecule has 3 aromatic rings. The third-order valence-electron chi connectivity index (χ3n) is 11.2. The fraction of sp³-hybridized carbons (Fsp3) is 0.636. The largest absolute Gasteiger partial charge is 0.507 e. The first-order valence-corrected chi connectivity index (χ1v) is 21.4. The summed E-state index contributed by atoms with van der Waals surface area (Å²) in [5.41, 5.74) is 9.10. The zero-order valence-corrected chi connectivity index (χ0v) is 35.3. The Morgan fingerprint density at radius 1 is 0.930 bits per heavy atom. The van der Waals surface area contributed by atoms with Crippen LogP contribution >= 0.6 is 0 Å². The number of pyridine rings is 1. The number of hydrogen-bond donors (Lipinski definition) is 3. The number of carbonyl (C=O) groups excluding carboxylic acids is 1. The summed E-state index contributed by atoms with van der Waals surface area (Å²) in [6.07, 6.45) is 11.5. The molecule has 13 heteroatoms. The summed E-state index contributed by atoms with van der Waals surface area (Å²) in [6.45, 7) is 19.2. The maximum absolute atomic E-state index is 12.0. The Hall–Kier alpha value is -4.36. The molecule has 3 aliphatic heterocycles. The average Bonchev–Trinajstić information content (AvgIpc) is 3.66. The van der Waals surface area contributed by atoms with Crippen LogP contribution < -0.4 is 20.3 Å². The standard InChI is InChI=1S/C26H32N6O2.C16H30N2O3.C2H6/c1-2-31(23-16-22(29-30-26(23)27)21-10-3-4-11-24(21)33)17-19-7-6-14-32(19)18-12-13-28-25(15-18)34-20-8-5-9-20;1-16(2,3)21-15(20)18-10-4-13(5-11-18)12-17-8-6-14(19)7-9-17;1-2/h3-4,10-13,15-16,19-20,33H,2,5-9,14,17H2,1H3,(H2,27,30);13-14,19H,4-12H2,1-3H3;1-2H3. The summed E-state index contributed by atoms with van der Waals surface area (Å²) >= 11 is 0. The lowest BCUT2D eigenvalue weighted by Gasteiger charge is -2.37. The molecule has 2 aromatic heterocycles. The number of nitrogens with zero attached hydrogens (tertiary/aromatic N) is 7. The highest BCUT2D eigenvalue weighted by Gasteiger charge is 2.30. The van der Waals surface area contributed by atoms with Gasteiger partial charge in [0.15, 0.2) is 5.82 Å². The van der Waals surface area contributed by atoms with Gasteiger partial charge in [-0.3, -0.25) is 0 Å². The number of benzene rings is 1. The number of phenols is 1. The summed E-state index contributed by atoms with van der Waals surface area (Å²) in [5, 5.41) is 28.2. The molecule has 0 spiro atoms. The maximum atomic E-state index is 12.0. The molecule has 5 heterocycles. The van der Waals surface area contributed by atoms with E-state index in [9.17, 15) is 15.0 Å². The third kappa shape index (κ3) is 12.6. The van der Waals surface area contributed by atoms with E-state index in [-0.39, 0.29) is 17.9 Å². The Bertz CT molecular complexity index is 1690. The van der Waals surface area contributed by atoms with Gasteiger partial charge in [-0.05, 0) is 116 Å². The number of phenolic OH excluding ortho intramolecular Hbond substituents is 1. The van der Waals surface area contributed by atoms with Crippen molar-refractivity contribution in [2.75, 3.05) is 67.9 Å². The first-order chi connectivity index (χ1) is 27.5. The van der Waals surface area contributed by atoms with Crippen molar-refractivity contribution in [1.82, 2.24) is 25.0 Å². The van der Waals surface area contributed by atoms with Crippen molar-refractivity contribution in [3.05, 3.63) is 48.7 Å². The van der Waals surface area contributed by atoms with Crippen LogP contribution in [0.25, 0.3) is 11.3 Å². The number of carbonyl (C=O) groups is 1. The lowest BCUT2D eigenvalue weighted by atomic mass is 9.95. The Morgan fingerprint density at radius 3 is 2.30 bits per heavy atom. The molecule has 1 atom stereocenters. The summed E-state index contributed by atoms with van der Waals surface area (Å²) in [7, 11) is 0. The molecule has 0 bridgehead atoms. The lowest BCUT2D eigenvalue weighted by molar-refractivity contribution is 0.0151. The first-order valence-electron chi connectivity index (χ1n) is 21.4. The van der Waals surface area contributed by atoms with E-state index in [0.717, 1.165) is 121 Å². The van der Waals surface area contributed by atoms with Gasteiger partial charge in [-0.15, -0.1) is 10.2 Å². The monoisotopic (exact) mass is 789 g/mol. The number of para-hydroxylation sites is 1. The molecule has 1 aromatic carbocycles. The topological polar surface area (TPSA) is 154 Å². The number of likely N-dealkylation sites (tertiary alicyclic amines) is 2. The number of nitrogen functional groups attached to an aromatic ring is 1. The second-order valence-electron chi connectivity index (χ2n) is 16.5. The molecule has 3 saturated heterocycles. The van der Waals surface area contributed by atoms with Crippen LogP contribution in [0.2, 0.25) is 0 Å². The zero-order valence-electron chi connectivity index (χ0n) is 35.3. The van der Waals surface area contributed by atoms with Gasteiger partial charge in [-0.1, -0.05) is 26.0 Å². The fourth-order valence-electron chi connectivity index (χ4n) is 7.88. The minimum Gasteiger partial charge on any atom is -0.507 e. The van der Waals surface area contributed by atoms with Crippen LogP contribution in [0.1, 0.15) is 99.3 Å². The summed E-state index contributed by atoms with van der Waals surface area (Å²) in [6, 6.07) is 13.6. The maximum Gasteiger partial charge on any atom is 0.410 e. The number of piperidine rings is 2. The Balaban J connectivity index is 0.000000232. The van der Waals surface area contributed by atoms with Crippen molar-refractivity contribution < 1.29 is 24.5 Å². The highest BCUT2D eigenvalue weighted by atomic mass is 16.6. The Labute approximate surface area is 340 Å². The first kappa shape index (κ1) is 43.8. The van der Waals surface area contributed by atoms with Gasteiger partial charge < -0.3 is 45.0 Å². The molecule has 4 aliphatic rings.